The van der Waals surface area contributed by atoms with Gasteiger partial charge in [-0.05, 0) is 19.1 Å². The molecule has 0 bridgehead atoms. The lowest BCUT2D eigenvalue weighted by atomic mass is 10.4. The number of hydrogen-bond acceptors (Lipinski definition) is 3. The van der Waals surface area contributed by atoms with E-state index in [2.05, 4.69) is 4.98 Å². The average Bonchev–Trinajstić information content (AvgIpc) is 2.70. The normalized spacial score (nSPS) is 11.8. The maximum atomic E-state index is 12.3. The lowest BCUT2D eigenvalue weighted by Gasteiger charge is -2.09. The molecule has 96 valence electrons. The summed E-state index contributed by atoms with van der Waals surface area (Å²) in [5.41, 5.74) is 0. The van der Waals surface area contributed by atoms with Crippen molar-refractivity contribution in [2.75, 3.05) is 0 Å². The largest absolute Gasteiger partial charge is 0.270 e. The summed E-state index contributed by atoms with van der Waals surface area (Å²) in [5.74, 6) is 0.331. The zero-order valence-corrected chi connectivity index (χ0v) is 12.1. The van der Waals surface area contributed by atoms with Gasteiger partial charge in [0.1, 0.15) is 10.7 Å². The van der Waals surface area contributed by atoms with Gasteiger partial charge >= 0.3 is 0 Å². The van der Waals surface area contributed by atoms with E-state index in [-0.39, 0.29) is 20.0 Å². The molecule has 0 N–H and O–H groups in total. The molecule has 0 aliphatic rings. The molecular formula is C10H7Cl3N2O2S. The Morgan fingerprint density at radius 1 is 1.11 bits per heavy atom. The van der Waals surface area contributed by atoms with E-state index in [1.807, 2.05) is 0 Å². The highest BCUT2D eigenvalue weighted by Gasteiger charge is 2.23. The number of rotatable bonds is 2. The van der Waals surface area contributed by atoms with Crippen molar-refractivity contribution in [2.24, 2.45) is 0 Å². The SMILES string of the molecule is Cc1nccn1S(=O)(=O)c1cc(Cl)c(Cl)cc1Cl. The van der Waals surface area contributed by atoms with E-state index >= 15 is 0 Å². The van der Waals surface area contributed by atoms with Crippen LogP contribution in [0.15, 0.2) is 29.4 Å². The van der Waals surface area contributed by atoms with Gasteiger partial charge in [0, 0.05) is 12.4 Å². The van der Waals surface area contributed by atoms with Gasteiger partial charge in [0.2, 0.25) is 0 Å². The maximum Gasteiger partial charge on any atom is 0.270 e. The van der Waals surface area contributed by atoms with Gasteiger partial charge in [-0.3, -0.25) is 0 Å². The molecule has 0 amide bonds. The maximum absolute atomic E-state index is 12.3. The first-order chi connectivity index (χ1) is 8.34. The van der Waals surface area contributed by atoms with Crippen molar-refractivity contribution >= 4 is 44.8 Å². The van der Waals surface area contributed by atoms with Crippen LogP contribution < -0.4 is 0 Å². The van der Waals surface area contributed by atoms with Gasteiger partial charge in [-0.25, -0.2) is 17.4 Å². The quantitative estimate of drug-likeness (QED) is 0.795. The van der Waals surface area contributed by atoms with Crippen molar-refractivity contribution < 1.29 is 8.42 Å². The van der Waals surface area contributed by atoms with E-state index in [0.29, 0.717) is 5.82 Å². The Morgan fingerprint density at radius 2 is 1.72 bits per heavy atom. The van der Waals surface area contributed by atoms with Crippen LogP contribution in [0.1, 0.15) is 5.82 Å². The molecular weight excluding hydrogens is 319 g/mol. The van der Waals surface area contributed by atoms with Crippen LogP contribution in [-0.2, 0) is 10.0 Å². The molecule has 18 heavy (non-hydrogen) atoms. The van der Waals surface area contributed by atoms with Gasteiger partial charge in [-0.1, -0.05) is 34.8 Å². The Hall–Kier alpha value is -0.750. The molecule has 0 atom stereocenters. The van der Waals surface area contributed by atoms with E-state index in [9.17, 15) is 8.42 Å². The Bertz CT molecular complexity index is 710. The fourth-order valence-electron chi connectivity index (χ4n) is 1.43. The number of aryl methyl sites for hydroxylation is 1. The summed E-state index contributed by atoms with van der Waals surface area (Å²) in [6.45, 7) is 1.57. The molecule has 0 saturated carbocycles. The number of halogens is 3. The first-order valence-corrected chi connectivity index (χ1v) is 7.31. The molecule has 0 fully saturated rings. The van der Waals surface area contributed by atoms with Crippen molar-refractivity contribution in [1.82, 2.24) is 8.96 Å². The van der Waals surface area contributed by atoms with Crippen LogP contribution in [0.25, 0.3) is 0 Å². The van der Waals surface area contributed by atoms with Crippen LogP contribution >= 0.6 is 34.8 Å². The molecule has 0 unspecified atom stereocenters. The third-order valence-corrected chi connectivity index (χ3v) is 5.24. The Morgan fingerprint density at radius 3 is 2.28 bits per heavy atom. The van der Waals surface area contributed by atoms with Gasteiger partial charge in [0.15, 0.2) is 0 Å². The third-order valence-electron chi connectivity index (χ3n) is 2.29. The van der Waals surface area contributed by atoms with Crippen LogP contribution in [0.4, 0.5) is 0 Å². The Balaban J connectivity index is 2.70. The fraction of sp³-hybridized carbons (Fsp3) is 0.100. The summed E-state index contributed by atoms with van der Waals surface area (Å²) < 4.78 is 25.7. The molecule has 0 spiro atoms. The second-order valence-electron chi connectivity index (χ2n) is 3.47. The lowest BCUT2D eigenvalue weighted by molar-refractivity contribution is 0.586. The highest BCUT2D eigenvalue weighted by molar-refractivity contribution is 7.90. The molecule has 2 aromatic rings. The lowest BCUT2D eigenvalue weighted by Crippen LogP contribution is -2.14. The minimum atomic E-state index is -3.82. The zero-order valence-electron chi connectivity index (χ0n) is 9.06. The van der Waals surface area contributed by atoms with E-state index in [1.165, 1.54) is 24.5 Å². The summed E-state index contributed by atoms with van der Waals surface area (Å²) in [5, 5.41) is 0.331. The van der Waals surface area contributed by atoms with Crippen LogP contribution in [-0.4, -0.2) is 17.4 Å². The smallest absolute Gasteiger partial charge is 0.241 e. The number of hydrogen-bond donors (Lipinski definition) is 0. The minimum absolute atomic E-state index is 0.0116. The molecule has 0 aliphatic heterocycles. The molecule has 1 aromatic carbocycles. The predicted molar refractivity (Wildman–Crippen MR) is 71.0 cm³/mol. The molecule has 1 aromatic heterocycles. The van der Waals surface area contributed by atoms with Crippen molar-refractivity contribution in [3.8, 4) is 0 Å². The number of benzene rings is 1. The summed E-state index contributed by atoms with van der Waals surface area (Å²) >= 11 is 17.5. The van der Waals surface area contributed by atoms with Crippen LogP contribution in [0.5, 0.6) is 0 Å². The van der Waals surface area contributed by atoms with Crippen LogP contribution in [0.2, 0.25) is 15.1 Å². The highest BCUT2D eigenvalue weighted by Crippen LogP contribution is 2.32. The second-order valence-corrected chi connectivity index (χ2v) is 6.48. The molecule has 4 nitrogen and oxygen atoms in total. The Labute approximate surface area is 119 Å². The first kappa shape index (κ1) is 13.7. The van der Waals surface area contributed by atoms with Crippen LogP contribution in [0.3, 0.4) is 0 Å². The van der Waals surface area contributed by atoms with Gasteiger partial charge < -0.3 is 0 Å². The molecule has 2 rings (SSSR count). The van der Waals surface area contributed by atoms with Crippen molar-refractivity contribution in [2.45, 2.75) is 11.8 Å². The molecule has 0 aliphatic carbocycles. The predicted octanol–water partition coefficient (Wildman–Crippen LogP) is 3.39. The second kappa shape index (κ2) is 4.74. The first-order valence-electron chi connectivity index (χ1n) is 4.74. The minimum Gasteiger partial charge on any atom is -0.241 e. The van der Waals surface area contributed by atoms with E-state index in [4.69, 9.17) is 34.8 Å². The topological polar surface area (TPSA) is 52.0 Å². The van der Waals surface area contributed by atoms with Gasteiger partial charge in [-0.2, -0.15) is 0 Å². The molecule has 0 saturated heterocycles. The molecule has 1 heterocycles. The monoisotopic (exact) mass is 324 g/mol. The third kappa shape index (κ3) is 2.23. The van der Waals surface area contributed by atoms with Gasteiger partial charge in [-0.15, -0.1) is 0 Å². The summed E-state index contributed by atoms with van der Waals surface area (Å²) in [6, 6.07) is 2.52. The molecule has 8 heteroatoms. The number of aromatic nitrogens is 2. The van der Waals surface area contributed by atoms with E-state index in [0.717, 1.165) is 3.97 Å². The Kier molecular flexibility index (Phi) is 3.60. The van der Waals surface area contributed by atoms with Gasteiger partial charge in [0.25, 0.3) is 10.0 Å². The van der Waals surface area contributed by atoms with Crippen molar-refractivity contribution in [3.05, 3.63) is 45.4 Å². The van der Waals surface area contributed by atoms with E-state index < -0.39 is 10.0 Å². The van der Waals surface area contributed by atoms with Crippen molar-refractivity contribution in [1.29, 1.82) is 0 Å². The highest BCUT2D eigenvalue weighted by atomic mass is 35.5. The fourth-order valence-corrected chi connectivity index (χ4v) is 3.73. The summed E-state index contributed by atoms with van der Waals surface area (Å²) in [6.07, 6.45) is 2.72. The van der Waals surface area contributed by atoms with E-state index in [1.54, 1.807) is 6.92 Å². The standard InChI is InChI=1S/C10H7Cl3N2O2S/c1-6-14-2-3-15(6)18(16,17)10-5-8(12)7(11)4-9(10)13/h2-5H,1H3. The summed E-state index contributed by atoms with van der Waals surface area (Å²) in [7, 11) is -3.82. The number of nitrogens with zero attached hydrogens (tertiary/aromatic N) is 2. The average molecular weight is 326 g/mol. The van der Waals surface area contributed by atoms with Crippen molar-refractivity contribution in [3.63, 3.8) is 0 Å². The zero-order chi connectivity index (χ0) is 13.5. The number of imidazole rings is 1. The molecule has 0 radical (unpaired) electrons. The summed E-state index contributed by atoms with van der Waals surface area (Å²) in [4.78, 5) is 3.75. The van der Waals surface area contributed by atoms with Gasteiger partial charge in [0.05, 0.1) is 15.1 Å². The van der Waals surface area contributed by atoms with Crippen LogP contribution in [0, 0.1) is 6.92 Å².